The molecule has 0 saturated carbocycles. The van der Waals surface area contributed by atoms with Crippen LogP contribution in [0.2, 0.25) is 0 Å². The van der Waals surface area contributed by atoms with E-state index < -0.39 is 35.9 Å². The Morgan fingerprint density at radius 2 is 1.40 bits per heavy atom. The van der Waals surface area contributed by atoms with E-state index in [0.717, 1.165) is 0 Å². The van der Waals surface area contributed by atoms with Gasteiger partial charge in [-0.15, -0.1) is 0 Å². The van der Waals surface area contributed by atoms with Crippen molar-refractivity contribution in [2.75, 3.05) is 0 Å². The third-order valence-corrected chi connectivity index (χ3v) is 3.04. The van der Waals surface area contributed by atoms with Crippen LogP contribution in [0, 0.1) is 0 Å². The van der Waals surface area contributed by atoms with Crippen molar-refractivity contribution in [1.29, 1.82) is 0 Å². The first-order valence-corrected chi connectivity index (χ1v) is 6.95. The van der Waals surface area contributed by atoms with Crippen LogP contribution >= 0.6 is 0 Å². The Kier molecular flexibility index (Phi) is 6.04. The molecule has 9 heteroatoms. The second-order valence-corrected chi connectivity index (χ2v) is 5.56. The van der Waals surface area contributed by atoms with Crippen LogP contribution in [-0.2, 0) is 17.1 Å². The Morgan fingerprint density at radius 3 is 1.72 bits per heavy atom. The van der Waals surface area contributed by atoms with Gasteiger partial charge in [-0.05, 0) is 39.0 Å². The van der Waals surface area contributed by atoms with Gasteiger partial charge >= 0.3 is 18.3 Å². The number of carbonyl (C=O) groups is 1. The lowest BCUT2D eigenvalue weighted by atomic mass is 10.0. The second kappa shape index (κ2) is 7.28. The maximum atomic E-state index is 12.9. The lowest BCUT2D eigenvalue weighted by Crippen LogP contribution is -2.12. The Hall–Kier alpha value is -2.32. The summed E-state index contributed by atoms with van der Waals surface area (Å²) in [6, 6.07) is 1.16. The number of aliphatic carboxylic acids is 1. The molecule has 0 fully saturated rings. The fourth-order valence-corrected chi connectivity index (χ4v) is 2.01. The molecule has 25 heavy (non-hydrogen) atoms. The monoisotopic (exact) mass is 367 g/mol. The Balaban J connectivity index is 3.61. The molecule has 1 aromatic rings. The van der Waals surface area contributed by atoms with Crippen LogP contribution in [0.3, 0.4) is 0 Å². The largest absolute Gasteiger partial charge is 0.481 e. The third kappa shape index (κ3) is 5.91. The van der Waals surface area contributed by atoms with Gasteiger partial charge in [0.1, 0.15) is 0 Å². The number of benzene rings is 1. The molecule has 0 aliphatic rings. The van der Waals surface area contributed by atoms with Crippen molar-refractivity contribution < 1.29 is 36.2 Å². The number of hydrogen-bond donors (Lipinski definition) is 1. The average Bonchev–Trinajstić information content (AvgIpc) is 2.41. The maximum Gasteiger partial charge on any atom is 0.416 e. The van der Waals surface area contributed by atoms with E-state index >= 15 is 0 Å². The number of carboxylic acid groups (broad SMARTS) is 1. The van der Waals surface area contributed by atoms with Gasteiger partial charge in [-0.3, -0.25) is 9.79 Å². The molecule has 0 aliphatic carbocycles. The van der Waals surface area contributed by atoms with Gasteiger partial charge < -0.3 is 5.11 Å². The van der Waals surface area contributed by atoms with Gasteiger partial charge in [0.2, 0.25) is 0 Å². The molecule has 0 heterocycles. The van der Waals surface area contributed by atoms with Crippen LogP contribution in [0.15, 0.2) is 28.8 Å². The van der Waals surface area contributed by atoms with Gasteiger partial charge in [-0.1, -0.05) is 5.57 Å². The van der Waals surface area contributed by atoms with E-state index in [0.29, 0.717) is 17.7 Å². The predicted octanol–water partition coefficient (Wildman–Crippen LogP) is 5.41. The van der Waals surface area contributed by atoms with Crippen LogP contribution in [0.4, 0.5) is 26.3 Å². The van der Waals surface area contributed by atoms with Crippen molar-refractivity contribution in [1.82, 2.24) is 0 Å². The molecular formula is C16H15F6NO2. The lowest BCUT2D eigenvalue weighted by molar-refractivity contribution is -0.143. The first-order valence-electron chi connectivity index (χ1n) is 6.95. The molecule has 138 valence electrons. The number of carboxylic acids is 1. The highest BCUT2D eigenvalue weighted by Gasteiger charge is 2.37. The number of allylic oxidation sites excluding steroid dienone is 1. The number of aliphatic imine (C=N–C) groups is 1. The molecule has 0 radical (unpaired) electrons. The summed E-state index contributed by atoms with van der Waals surface area (Å²) in [5.41, 5.74) is -3.03. The van der Waals surface area contributed by atoms with E-state index in [2.05, 4.69) is 4.99 Å². The zero-order chi connectivity index (χ0) is 19.6. The van der Waals surface area contributed by atoms with Gasteiger partial charge in [0, 0.05) is 11.3 Å². The van der Waals surface area contributed by atoms with Gasteiger partial charge in [-0.25, -0.2) is 0 Å². The highest BCUT2D eigenvalue weighted by molar-refractivity contribution is 5.99. The van der Waals surface area contributed by atoms with E-state index in [1.165, 1.54) is 20.8 Å². The summed E-state index contributed by atoms with van der Waals surface area (Å²) in [6.45, 7) is 4.25. The van der Waals surface area contributed by atoms with E-state index in [9.17, 15) is 31.1 Å². The molecule has 0 amide bonds. The molecule has 1 N–H and O–H groups in total. The fraction of sp³-hybridized carbons (Fsp3) is 0.375. The van der Waals surface area contributed by atoms with Crippen molar-refractivity contribution in [2.24, 2.45) is 4.99 Å². The predicted molar refractivity (Wildman–Crippen MR) is 80.1 cm³/mol. The van der Waals surface area contributed by atoms with Crippen LogP contribution in [0.1, 0.15) is 43.9 Å². The standard InChI is InChI=1S/C16H15F6NO2/c1-8(2)14(23-9(3)4-13(24)25)10-5-11(15(17,18)19)7-12(6-10)16(20,21)22/h5-7H,4H2,1-3H3,(H,24,25). The van der Waals surface area contributed by atoms with Crippen molar-refractivity contribution >= 4 is 17.4 Å². The molecule has 0 unspecified atom stereocenters. The molecule has 0 aromatic heterocycles. The smallest absolute Gasteiger partial charge is 0.416 e. The highest BCUT2D eigenvalue weighted by atomic mass is 19.4. The van der Waals surface area contributed by atoms with E-state index in [-0.39, 0.29) is 23.0 Å². The Labute approximate surface area is 139 Å². The minimum absolute atomic E-state index is 0.0277. The van der Waals surface area contributed by atoms with E-state index in [4.69, 9.17) is 5.11 Å². The average molecular weight is 367 g/mol. The van der Waals surface area contributed by atoms with Crippen molar-refractivity contribution in [3.8, 4) is 0 Å². The summed E-state index contributed by atoms with van der Waals surface area (Å²) in [5.74, 6) is -1.21. The first kappa shape index (κ1) is 20.7. The summed E-state index contributed by atoms with van der Waals surface area (Å²) in [4.78, 5) is 14.6. The summed E-state index contributed by atoms with van der Waals surface area (Å²) in [6.07, 6.45) is -10.4. The SMILES string of the molecule is CC(CC(=O)O)=NC(=C(C)C)c1cc(C(F)(F)F)cc(C(F)(F)F)c1. The van der Waals surface area contributed by atoms with Crippen molar-refractivity contribution in [3.05, 3.63) is 40.5 Å². The minimum atomic E-state index is -4.97. The quantitative estimate of drug-likeness (QED) is 0.571. The van der Waals surface area contributed by atoms with Crippen LogP contribution in [-0.4, -0.2) is 16.8 Å². The van der Waals surface area contributed by atoms with Gasteiger partial charge in [-0.2, -0.15) is 26.3 Å². The van der Waals surface area contributed by atoms with Crippen LogP contribution in [0.5, 0.6) is 0 Å². The molecule has 3 nitrogen and oxygen atoms in total. The molecule has 1 aromatic carbocycles. The number of nitrogens with zero attached hydrogens (tertiary/aromatic N) is 1. The second-order valence-electron chi connectivity index (χ2n) is 5.56. The Bertz CT molecular complexity index is 693. The zero-order valence-corrected chi connectivity index (χ0v) is 13.5. The molecule has 0 spiro atoms. The minimum Gasteiger partial charge on any atom is -0.481 e. The maximum absolute atomic E-state index is 12.9. The number of halogens is 6. The molecule has 0 saturated heterocycles. The fourth-order valence-electron chi connectivity index (χ4n) is 2.01. The summed E-state index contributed by atoms with van der Waals surface area (Å²) >= 11 is 0. The zero-order valence-electron chi connectivity index (χ0n) is 13.5. The molecule has 0 aliphatic heterocycles. The molecule has 1 rings (SSSR count). The molecular weight excluding hydrogens is 352 g/mol. The topological polar surface area (TPSA) is 49.7 Å². The number of hydrogen-bond acceptors (Lipinski definition) is 2. The summed E-state index contributed by atoms with van der Waals surface area (Å²) in [5, 5.41) is 8.71. The normalized spacial score (nSPS) is 12.9. The third-order valence-electron chi connectivity index (χ3n) is 3.04. The van der Waals surface area contributed by atoms with E-state index in [1.807, 2.05) is 0 Å². The van der Waals surface area contributed by atoms with E-state index in [1.54, 1.807) is 0 Å². The number of alkyl halides is 6. The Morgan fingerprint density at radius 1 is 0.960 bits per heavy atom. The van der Waals surface area contributed by atoms with Gasteiger partial charge in [0.25, 0.3) is 0 Å². The van der Waals surface area contributed by atoms with Gasteiger partial charge in [0.15, 0.2) is 0 Å². The summed E-state index contributed by atoms with van der Waals surface area (Å²) in [7, 11) is 0. The first-order chi connectivity index (χ1) is 11.2. The van der Waals surface area contributed by atoms with Crippen LogP contribution in [0.25, 0.3) is 5.70 Å². The highest BCUT2D eigenvalue weighted by Crippen LogP contribution is 2.38. The van der Waals surface area contributed by atoms with Crippen molar-refractivity contribution in [2.45, 2.75) is 39.5 Å². The lowest BCUT2D eigenvalue weighted by Gasteiger charge is -2.15. The summed E-state index contributed by atoms with van der Waals surface area (Å²) < 4.78 is 77.6. The van der Waals surface area contributed by atoms with Crippen LogP contribution < -0.4 is 0 Å². The molecule has 0 atom stereocenters. The molecule has 0 bridgehead atoms. The van der Waals surface area contributed by atoms with Crippen molar-refractivity contribution in [3.63, 3.8) is 0 Å². The number of rotatable bonds is 4. The van der Waals surface area contributed by atoms with Gasteiger partial charge in [0.05, 0.1) is 23.2 Å².